The molecule has 2 aromatic heterocycles. The van der Waals surface area contributed by atoms with Gasteiger partial charge in [0.25, 0.3) is 0 Å². The fourth-order valence-corrected chi connectivity index (χ4v) is 4.47. The van der Waals surface area contributed by atoms with Gasteiger partial charge < -0.3 is 10.1 Å². The summed E-state index contributed by atoms with van der Waals surface area (Å²) >= 11 is 3.35. The average molecular weight is 322 g/mol. The molecular weight excluding hydrogens is 304 g/mol. The molecule has 0 bridgehead atoms. The number of carbonyl (C=O) groups excluding carboxylic acids is 1. The van der Waals surface area contributed by atoms with E-state index in [0.29, 0.717) is 18.3 Å². The molecule has 0 saturated carbocycles. The zero-order chi connectivity index (χ0) is 14.8. The van der Waals surface area contributed by atoms with Crippen LogP contribution in [0.3, 0.4) is 0 Å². The van der Waals surface area contributed by atoms with E-state index in [9.17, 15) is 4.79 Å². The Labute approximate surface area is 132 Å². The van der Waals surface area contributed by atoms with Crippen LogP contribution in [0.4, 0.5) is 5.13 Å². The van der Waals surface area contributed by atoms with Crippen LogP contribution >= 0.6 is 22.7 Å². The summed E-state index contributed by atoms with van der Waals surface area (Å²) in [5.74, 6) is -0.334. The lowest BCUT2D eigenvalue weighted by molar-refractivity contribution is 0.0519. The van der Waals surface area contributed by atoms with Crippen LogP contribution in [0, 0.1) is 6.92 Å². The summed E-state index contributed by atoms with van der Waals surface area (Å²) < 4.78 is 5.04. The molecule has 4 nitrogen and oxygen atoms in total. The van der Waals surface area contributed by atoms with Gasteiger partial charge in [-0.15, -0.1) is 22.7 Å². The fraction of sp³-hybridized carbons (Fsp3) is 0.467. The Morgan fingerprint density at radius 2 is 2.43 bits per heavy atom. The molecule has 2 heterocycles. The molecule has 3 rings (SSSR count). The van der Waals surface area contributed by atoms with Crippen molar-refractivity contribution in [3.63, 3.8) is 0 Å². The lowest BCUT2D eigenvalue weighted by Crippen LogP contribution is -2.15. The van der Waals surface area contributed by atoms with Gasteiger partial charge in [0.05, 0.1) is 12.6 Å². The van der Waals surface area contributed by atoms with Gasteiger partial charge in [-0.3, -0.25) is 0 Å². The number of aromatic nitrogens is 1. The third-order valence-corrected chi connectivity index (χ3v) is 5.51. The highest BCUT2D eigenvalue weighted by Gasteiger charge is 2.23. The first-order chi connectivity index (χ1) is 10.2. The largest absolute Gasteiger partial charge is 0.461 e. The van der Waals surface area contributed by atoms with E-state index in [-0.39, 0.29) is 5.97 Å². The molecule has 1 unspecified atom stereocenters. The number of carbonyl (C=O) groups is 1. The number of nitrogens with zero attached hydrogens (tertiary/aromatic N) is 1. The van der Waals surface area contributed by atoms with E-state index in [1.54, 1.807) is 6.92 Å². The van der Waals surface area contributed by atoms with Crippen LogP contribution < -0.4 is 5.32 Å². The van der Waals surface area contributed by atoms with Gasteiger partial charge in [-0.2, -0.15) is 0 Å². The lowest BCUT2D eigenvalue weighted by atomic mass is 9.94. The number of hydrogen-bond acceptors (Lipinski definition) is 6. The third-order valence-electron chi connectivity index (χ3n) is 3.62. The van der Waals surface area contributed by atoms with Crippen LogP contribution in [0.25, 0.3) is 0 Å². The summed E-state index contributed by atoms with van der Waals surface area (Å²) in [6, 6.07) is 2.50. The standard InChI is InChI=1S/C15H18N2O2S2/c1-3-19-14(18)13-9(2)21-15(17-13)16-11-5-4-6-12-10(11)7-8-20-12/h7-8,11H,3-6H2,1-2H3,(H,16,17). The average Bonchev–Trinajstić information content (AvgIpc) is 3.06. The molecule has 0 spiro atoms. The summed E-state index contributed by atoms with van der Waals surface area (Å²) in [4.78, 5) is 18.6. The number of esters is 1. The Kier molecular flexibility index (Phi) is 4.26. The zero-order valence-corrected chi connectivity index (χ0v) is 13.8. The number of thiazole rings is 1. The second-order valence-electron chi connectivity index (χ2n) is 5.03. The van der Waals surface area contributed by atoms with Crippen LogP contribution in [0.15, 0.2) is 11.4 Å². The van der Waals surface area contributed by atoms with Crippen LogP contribution in [0.1, 0.15) is 51.6 Å². The van der Waals surface area contributed by atoms with Crippen LogP contribution in [-0.2, 0) is 11.2 Å². The number of hydrogen-bond donors (Lipinski definition) is 1. The van der Waals surface area contributed by atoms with Gasteiger partial charge in [0, 0.05) is 9.75 Å². The monoisotopic (exact) mass is 322 g/mol. The minimum absolute atomic E-state index is 0.306. The van der Waals surface area contributed by atoms with E-state index in [0.717, 1.165) is 16.4 Å². The van der Waals surface area contributed by atoms with Crippen molar-refractivity contribution in [2.75, 3.05) is 11.9 Å². The normalized spacial score (nSPS) is 17.3. The number of thiophene rings is 1. The number of nitrogens with one attached hydrogen (secondary N) is 1. The Morgan fingerprint density at radius 1 is 1.57 bits per heavy atom. The van der Waals surface area contributed by atoms with E-state index in [4.69, 9.17) is 4.74 Å². The second kappa shape index (κ2) is 6.15. The van der Waals surface area contributed by atoms with Crippen molar-refractivity contribution < 1.29 is 9.53 Å². The van der Waals surface area contributed by atoms with Crippen LogP contribution in [0.5, 0.6) is 0 Å². The van der Waals surface area contributed by atoms with Gasteiger partial charge in [0.15, 0.2) is 10.8 Å². The van der Waals surface area contributed by atoms with Crippen molar-refractivity contribution >= 4 is 33.8 Å². The summed E-state index contributed by atoms with van der Waals surface area (Å²) in [5.41, 5.74) is 1.82. The molecule has 1 aliphatic carbocycles. The summed E-state index contributed by atoms with van der Waals surface area (Å²) in [5, 5.41) is 6.45. The maximum Gasteiger partial charge on any atom is 0.358 e. The number of fused-ring (bicyclic) bond motifs is 1. The number of anilines is 1. The molecule has 1 aliphatic rings. The molecule has 0 aromatic carbocycles. The SMILES string of the molecule is CCOC(=O)c1nc(NC2CCCc3sccc32)sc1C. The van der Waals surface area contributed by atoms with Gasteiger partial charge in [0.1, 0.15) is 0 Å². The van der Waals surface area contributed by atoms with E-state index in [2.05, 4.69) is 21.7 Å². The zero-order valence-electron chi connectivity index (χ0n) is 12.1. The van der Waals surface area contributed by atoms with Gasteiger partial charge >= 0.3 is 5.97 Å². The molecule has 6 heteroatoms. The highest BCUT2D eigenvalue weighted by atomic mass is 32.1. The number of ether oxygens (including phenoxy) is 1. The van der Waals surface area contributed by atoms with Crippen molar-refractivity contribution in [3.8, 4) is 0 Å². The van der Waals surface area contributed by atoms with Crippen LogP contribution in [0.2, 0.25) is 0 Å². The Morgan fingerprint density at radius 3 is 3.24 bits per heavy atom. The second-order valence-corrected chi connectivity index (χ2v) is 7.24. The molecular formula is C15H18N2O2S2. The van der Waals surface area contributed by atoms with Gasteiger partial charge in [0.2, 0.25) is 0 Å². The minimum atomic E-state index is -0.334. The van der Waals surface area contributed by atoms with Crippen molar-refractivity contribution in [1.82, 2.24) is 4.98 Å². The van der Waals surface area contributed by atoms with E-state index >= 15 is 0 Å². The molecule has 1 atom stereocenters. The molecule has 0 aliphatic heterocycles. The van der Waals surface area contributed by atoms with Gasteiger partial charge in [-0.05, 0) is 50.1 Å². The molecule has 21 heavy (non-hydrogen) atoms. The summed E-state index contributed by atoms with van der Waals surface area (Å²) in [7, 11) is 0. The topological polar surface area (TPSA) is 51.2 Å². The van der Waals surface area contributed by atoms with Gasteiger partial charge in [-0.1, -0.05) is 0 Å². The predicted molar refractivity (Wildman–Crippen MR) is 86.4 cm³/mol. The first-order valence-corrected chi connectivity index (χ1v) is 8.86. The maximum atomic E-state index is 11.8. The Balaban J connectivity index is 1.78. The van der Waals surface area contributed by atoms with E-state index < -0.39 is 0 Å². The first kappa shape index (κ1) is 14.5. The third kappa shape index (κ3) is 2.96. The van der Waals surface area contributed by atoms with Crippen molar-refractivity contribution in [2.24, 2.45) is 0 Å². The van der Waals surface area contributed by atoms with Crippen molar-refractivity contribution in [3.05, 3.63) is 32.5 Å². The fourth-order valence-electron chi connectivity index (χ4n) is 2.63. The minimum Gasteiger partial charge on any atom is -0.461 e. The highest BCUT2D eigenvalue weighted by Crippen LogP contribution is 2.36. The first-order valence-electron chi connectivity index (χ1n) is 7.16. The molecule has 2 aromatic rings. The molecule has 0 amide bonds. The smallest absolute Gasteiger partial charge is 0.358 e. The number of rotatable bonds is 4. The predicted octanol–water partition coefficient (Wildman–Crippen LogP) is 4.18. The van der Waals surface area contributed by atoms with Crippen molar-refractivity contribution in [2.45, 2.75) is 39.2 Å². The Hall–Kier alpha value is -1.40. The molecule has 0 saturated heterocycles. The maximum absolute atomic E-state index is 11.8. The molecule has 0 fully saturated rings. The van der Waals surface area contributed by atoms with E-state index in [1.807, 2.05) is 18.3 Å². The molecule has 0 radical (unpaired) electrons. The number of aryl methyl sites for hydroxylation is 2. The summed E-state index contributed by atoms with van der Waals surface area (Å²) in [6.45, 7) is 4.09. The molecule has 112 valence electrons. The van der Waals surface area contributed by atoms with E-state index in [1.165, 1.54) is 34.6 Å². The Bertz CT molecular complexity index is 648. The quantitative estimate of drug-likeness (QED) is 0.858. The van der Waals surface area contributed by atoms with Crippen LogP contribution in [-0.4, -0.2) is 17.6 Å². The molecule has 1 N–H and O–H groups in total. The summed E-state index contributed by atoms with van der Waals surface area (Å²) in [6.07, 6.45) is 3.48. The van der Waals surface area contributed by atoms with Gasteiger partial charge in [-0.25, -0.2) is 9.78 Å². The lowest BCUT2D eigenvalue weighted by Gasteiger charge is -2.23. The van der Waals surface area contributed by atoms with Crippen molar-refractivity contribution in [1.29, 1.82) is 0 Å². The highest BCUT2D eigenvalue weighted by molar-refractivity contribution is 7.15.